The van der Waals surface area contributed by atoms with E-state index in [1.165, 1.54) is 12.1 Å². The molecule has 0 aromatic heterocycles. The second-order valence-electron chi connectivity index (χ2n) is 3.87. The van der Waals surface area contributed by atoms with Crippen LogP contribution >= 0.6 is 0 Å². The molecule has 1 saturated heterocycles. The second kappa shape index (κ2) is 3.98. The molecule has 1 amide bonds. The molecule has 0 radical (unpaired) electrons. The first-order chi connectivity index (χ1) is 7.15. The topological polar surface area (TPSA) is 46.3 Å². The number of carbonyl (C=O) groups is 1. The average molecular weight is 208 g/mol. The number of hydrogen-bond donors (Lipinski definition) is 1. The van der Waals surface area contributed by atoms with Crippen LogP contribution in [0.25, 0.3) is 0 Å². The van der Waals surface area contributed by atoms with Gasteiger partial charge in [-0.1, -0.05) is 12.1 Å². The first-order valence-electron chi connectivity index (χ1n) is 4.93. The Morgan fingerprint density at radius 2 is 2.33 bits per heavy atom. The van der Waals surface area contributed by atoms with Crippen molar-refractivity contribution in [3.63, 3.8) is 0 Å². The number of likely N-dealkylation sites (tertiary alicyclic amines) is 1. The summed E-state index contributed by atoms with van der Waals surface area (Å²) in [5, 5.41) is 0. The summed E-state index contributed by atoms with van der Waals surface area (Å²) in [5.74, 6) is -0.227. The van der Waals surface area contributed by atoms with Crippen molar-refractivity contribution in [3.8, 4) is 0 Å². The van der Waals surface area contributed by atoms with Gasteiger partial charge in [-0.05, 0) is 17.7 Å². The summed E-state index contributed by atoms with van der Waals surface area (Å²) in [6.07, 6.45) is 0.398. The van der Waals surface area contributed by atoms with Gasteiger partial charge >= 0.3 is 0 Å². The van der Waals surface area contributed by atoms with E-state index in [2.05, 4.69) is 0 Å². The van der Waals surface area contributed by atoms with Crippen LogP contribution < -0.4 is 5.73 Å². The number of hydrogen-bond acceptors (Lipinski definition) is 2. The van der Waals surface area contributed by atoms with Crippen LogP contribution in [0.3, 0.4) is 0 Å². The van der Waals surface area contributed by atoms with Gasteiger partial charge in [0.05, 0.1) is 0 Å². The van der Waals surface area contributed by atoms with Crippen molar-refractivity contribution in [1.29, 1.82) is 0 Å². The predicted octanol–water partition coefficient (Wildman–Crippen LogP) is 0.885. The maximum atomic E-state index is 12.9. The van der Waals surface area contributed by atoms with Crippen LogP contribution in [0.1, 0.15) is 12.0 Å². The molecule has 0 aliphatic carbocycles. The fraction of sp³-hybridized carbons (Fsp3) is 0.364. The molecule has 1 atom stereocenters. The molecule has 0 unspecified atom stereocenters. The van der Waals surface area contributed by atoms with E-state index in [1.54, 1.807) is 17.0 Å². The highest BCUT2D eigenvalue weighted by atomic mass is 19.1. The van der Waals surface area contributed by atoms with E-state index < -0.39 is 0 Å². The van der Waals surface area contributed by atoms with Crippen LogP contribution in [0.4, 0.5) is 4.39 Å². The summed E-state index contributed by atoms with van der Waals surface area (Å²) in [6, 6.07) is 6.20. The number of benzene rings is 1. The molecule has 1 heterocycles. The lowest BCUT2D eigenvalue weighted by atomic mass is 10.2. The standard InChI is InChI=1S/C11H13FN2O/c12-9-3-1-2-8(4-9)6-14-7-10(13)5-11(14)15/h1-4,10H,5-7,13H2/t10-/m0/s1. The number of amides is 1. The second-order valence-corrected chi connectivity index (χ2v) is 3.87. The molecule has 80 valence electrons. The maximum Gasteiger partial charge on any atom is 0.224 e. The SMILES string of the molecule is N[C@H]1CC(=O)N(Cc2cccc(F)c2)C1. The van der Waals surface area contributed by atoms with Crippen LogP contribution in [0.15, 0.2) is 24.3 Å². The Kier molecular flexibility index (Phi) is 2.68. The molecule has 2 N–H and O–H groups in total. The molecule has 1 aromatic carbocycles. The third-order valence-corrected chi connectivity index (χ3v) is 2.51. The Morgan fingerprint density at radius 1 is 1.53 bits per heavy atom. The van der Waals surface area contributed by atoms with Gasteiger partial charge < -0.3 is 10.6 Å². The van der Waals surface area contributed by atoms with Crippen molar-refractivity contribution in [3.05, 3.63) is 35.6 Å². The fourth-order valence-electron chi connectivity index (χ4n) is 1.81. The van der Waals surface area contributed by atoms with E-state index in [9.17, 15) is 9.18 Å². The molecule has 0 spiro atoms. The minimum atomic E-state index is -0.275. The zero-order chi connectivity index (χ0) is 10.8. The van der Waals surface area contributed by atoms with Crippen LogP contribution in [0.5, 0.6) is 0 Å². The van der Waals surface area contributed by atoms with Gasteiger partial charge in [0, 0.05) is 25.6 Å². The van der Waals surface area contributed by atoms with Gasteiger partial charge in [-0.25, -0.2) is 4.39 Å². The lowest BCUT2D eigenvalue weighted by molar-refractivity contribution is -0.128. The Bertz CT molecular complexity index is 381. The summed E-state index contributed by atoms with van der Waals surface area (Å²) in [6.45, 7) is 1.01. The maximum absolute atomic E-state index is 12.9. The summed E-state index contributed by atoms with van der Waals surface area (Å²) >= 11 is 0. The van der Waals surface area contributed by atoms with Crippen LogP contribution in [-0.2, 0) is 11.3 Å². The van der Waals surface area contributed by atoms with Crippen molar-refractivity contribution in [2.75, 3.05) is 6.54 Å². The predicted molar refractivity (Wildman–Crippen MR) is 54.4 cm³/mol. The van der Waals surface area contributed by atoms with Gasteiger partial charge in [0.1, 0.15) is 5.82 Å². The van der Waals surface area contributed by atoms with Crippen molar-refractivity contribution in [2.24, 2.45) is 5.73 Å². The van der Waals surface area contributed by atoms with E-state index in [1.807, 2.05) is 0 Å². The van der Waals surface area contributed by atoms with Crippen LogP contribution in [-0.4, -0.2) is 23.4 Å². The van der Waals surface area contributed by atoms with E-state index in [0.717, 1.165) is 5.56 Å². The van der Waals surface area contributed by atoms with E-state index >= 15 is 0 Å². The third-order valence-electron chi connectivity index (χ3n) is 2.51. The average Bonchev–Trinajstić information content (AvgIpc) is 2.45. The highest BCUT2D eigenvalue weighted by Crippen LogP contribution is 2.14. The van der Waals surface area contributed by atoms with Crippen molar-refractivity contribution < 1.29 is 9.18 Å². The lowest BCUT2D eigenvalue weighted by Gasteiger charge is -2.15. The molecule has 0 bridgehead atoms. The monoisotopic (exact) mass is 208 g/mol. The minimum Gasteiger partial charge on any atom is -0.337 e. The first-order valence-corrected chi connectivity index (χ1v) is 4.93. The van der Waals surface area contributed by atoms with Gasteiger partial charge in [-0.2, -0.15) is 0 Å². The number of rotatable bonds is 2. The Balaban J connectivity index is 2.06. The van der Waals surface area contributed by atoms with Gasteiger partial charge in [0.25, 0.3) is 0 Å². The largest absolute Gasteiger partial charge is 0.337 e. The molecular formula is C11H13FN2O. The van der Waals surface area contributed by atoms with Crippen molar-refractivity contribution in [1.82, 2.24) is 4.90 Å². The highest BCUT2D eigenvalue weighted by Gasteiger charge is 2.26. The number of carbonyl (C=O) groups excluding carboxylic acids is 1. The molecule has 4 heteroatoms. The molecule has 2 rings (SSSR count). The van der Waals surface area contributed by atoms with Gasteiger partial charge in [0.15, 0.2) is 0 Å². The smallest absolute Gasteiger partial charge is 0.224 e. The Morgan fingerprint density at radius 3 is 2.93 bits per heavy atom. The summed E-state index contributed by atoms with van der Waals surface area (Å²) in [7, 11) is 0. The molecule has 1 fully saturated rings. The fourth-order valence-corrected chi connectivity index (χ4v) is 1.81. The van der Waals surface area contributed by atoms with E-state index in [0.29, 0.717) is 19.5 Å². The quantitative estimate of drug-likeness (QED) is 0.784. The van der Waals surface area contributed by atoms with Crippen LogP contribution in [0.2, 0.25) is 0 Å². The molecule has 1 aliphatic rings. The zero-order valence-corrected chi connectivity index (χ0v) is 8.32. The van der Waals surface area contributed by atoms with Crippen molar-refractivity contribution >= 4 is 5.91 Å². The number of nitrogens with zero attached hydrogens (tertiary/aromatic N) is 1. The zero-order valence-electron chi connectivity index (χ0n) is 8.32. The van der Waals surface area contributed by atoms with Gasteiger partial charge in [-0.15, -0.1) is 0 Å². The minimum absolute atomic E-state index is 0.0479. The molecule has 15 heavy (non-hydrogen) atoms. The van der Waals surface area contributed by atoms with E-state index in [-0.39, 0.29) is 17.8 Å². The third kappa shape index (κ3) is 2.33. The molecule has 1 aliphatic heterocycles. The number of halogens is 1. The van der Waals surface area contributed by atoms with E-state index in [4.69, 9.17) is 5.73 Å². The molecule has 3 nitrogen and oxygen atoms in total. The van der Waals surface area contributed by atoms with Crippen LogP contribution in [0, 0.1) is 5.82 Å². The summed E-state index contributed by atoms with van der Waals surface area (Å²) < 4.78 is 12.9. The number of nitrogens with two attached hydrogens (primary N) is 1. The van der Waals surface area contributed by atoms with Gasteiger partial charge in [0.2, 0.25) is 5.91 Å². The molecular weight excluding hydrogens is 195 g/mol. The normalized spacial score (nSPS) is 21.1. The Hall–Kier alpha value is -1.42. The molecule has 1 aromatic rings. The highest BCUT2D eigenvalue weighted by molar-refractivity contribution is 5.79. The lowest BCUT2D eigenvalue weighted by Crippen LogP contribution is -2.27. The molecule has 0 saturated carbocycles. The van der Waals surface area contributed by atoms with Gasteiger partial charge in [-0.3, -0.25) is 4.79 Å². The Labute approximate surface area is 87.7 Å². The summed E-state index contributed by atoms with van der Waals surface area (Å²) in [5.41, 5.74) is 6.47. The first kappa shape index (κ1) is 10.1. The summed E-state index contributed by atoms with van der Waals surface area (Å²) in [4.78, 5) is 13.1. The van der Waals surface area contributed by atoms with Crippen molar-refractivity contribution in [2.45, 2.75) is 19.0 Å².